The average molecular weight is 271 g/mol. The third-order valence-corrected chi connectivity index (χ3v) is 3.20. The van der Waals surface area contributed by atoms with E-state index in [0.29, 0.717) is 19.4 Å². The SMILES string of the molecule is O=C(O)C1CCOc2c(Br)cccc2C1. The molecule has 1 aromatic carbocycles. The third kappa shape index (κ3) is 2.15. The summed E-state index contributed by atoms with van der Waals surface area (Å²) in [6.07, 6.45) is 1.11. The largest absolute Gasteiger partial charge is 0.492 e. The molecule has 80 valence electrons. The second-order valence-corrected chi connectivity index (χ2v) is 4.46. The van der Waals surface area contributed by atoms with Gasteiger partial charge in [0.05, 0.1) is 17.0 Å². The Kier molecular flexibility index (Phi) is 2.95. The molecule has 0 aliphatic carbocycles. The lowest BCUT2D eigenvalue weighted by Gasteiger charge is -2.08. The summed E-state index contributed by atoms with van der Waals surface area (Å²) in [6.45, 7) is 0.465. The molecule has 0 radical (unpaired) electrons. The van der Waals surface area contributed by atoms with Crippen LogP contribution in [0.2, 0.25) is 0 Å². The van der Waals surface area contributed by atoms with E-state index in [4.69, 9.17) is 9.84 Å². The van der Waals surface area contributed by atoms with Crippen LogP contribution in [0.1, 0.15) is 12.0 Å². The van der Waals surface area contributed by atoms with Crippen molar-refractivity contribution in [3.8, 4) is 5.75 Å². The maximum absolute atomic E-state index is 10.9. The van der Waals surface area contributed by atoms with Gasteiger partial charge in [-0.05, 0) is 40.4 Å². The van der Waals surface area contributed by atoms with Crippen LogP contribution >= 0.6 is 15.9 Å². The third-order valence-electron chi connectivity index (χ3n) is 2.58. The first-order valence-corrected chi connectivity index (χ1v) is 5.61. The Bertz CT molecular complexity index is 389. The minimum atomic E-state index is -0.744. The zero-order valence-corrected chi connectivity index (χ0v) is 9.66. The van der Waals surface area contributed by atoms with Crippen molar-refractivity contribution in [3.63, 3.8) is 0 Å². The molecule has 1 heterocycles. The number of benzene rings is 1. The Hall–Kier alpha value is -1.03. The minimum Gasteiger partial charge on any atom is -0.492 e. The normalized spacial score (nSPS) is 19.9. The second-order valence-electron chi connectivity index (χ2n) is 3.60. The number of hydrogen-bond donors (Lipinski definition) is 1. The fourth-order valence-corrected chi connectivity index (χ4v) is 2.28. The quantitative estimate of drug-likeness (QED) is 0.853. The van der Waals surface area contributed by atoms with E-state index < -0.39 is 5.97 Å². The van der Waals surface area contributed by atoms with Crippen molar-refractivity contribution in [1.82, 2.24) is 0 Å². The number of aliphatic carboxylic acids is 1. The number of carbonyl (C=O) groups is 1. The highest BCUT2D eigenvalue weighted by Crippen LogP contribution is 2.33. The Labute approximate surface area is 96.2 Å². The van der Waals surface area contributed by atoms with Gasteiger partial charge in [0.2, 0.25) is 0 Å². The molecule has 1 aliphatic heterocycles. The number of carboxylic acids is 1. The Morgan fingerprint density at radius 3 is 3.07 bits per heavy atom. The summed E-state index contributed by atoms with van der Waals surface area (Å²) in [6, 6.07) is 5.72. The monoisotopic (exact) mass is 270 g/mol. The lowest BCUT2D eigenvalue weighted by atomic mass is 9.97. The predicted octanol–water partition coefficient (Wildman–Crippen LogP) is 2.47. The van der Waals surface area contributed by atoms with Crippen molar-refractivity contribution in [3.05, 3.63) is 28.2 Å². The second kappa shape index (κ2) is 4.23. The van der Waals surface area contributed by atoms with Gasteiger partial charge in [0.1, 0.15) is 5.75 Å². The van der Waals surface area contributed by atoms with Crippen LogP contribution in [-0.4, -0.2) is 17.7 Å². The topological polar surface area (TPSA) is 46.5 Å². The fourth-order valence-electron chi connectivity index (χ4n) is 1.76. The highest BCUT2D eigenvalue weighted by molar-refractivity contribution is 9.10. The van der Waals surface area contributed by atoms with E-state index in [-0.39, 0.29) is 5.92 Å². The van der Waals surface area contributed by atoms with Gasteiger partial charge in [-0.25, -0.2) is 0 Å². The Balaban J connectivity index is 2.34. The Morgan fingerprint density at radius 2 is 2.33 bits per heavy atom. The van der Waals surface area contributed by atoms with Crippen molar-refractivity contribution in [2.24, 2.45) is 5.92 Å². The molecule has 1 aromatic rings. The number of rotatable bonds is 1. The van der Waals surface area contributed by atoms with Gasteiger partial charge in [0.15, 0.2) is 0 Å². The highest BCUT2D eigenvalue weighted by Gasteiger charge is 2.23. The van der Waals surface area contributed by atoms with E-state index in [1.165, 1.54) is 0 Å². The molecule has 0 bridgehead atoms. The van der Waals surface area contributed by atoms with E-state index in [9.17, 15) is 4.79 Å². The maximum atomic E-state index is 10.9. The van der Waals surface area contributed by atoms with Crippen molar-refractivity contribution < 1.29 is 14.6 Å². The first-order valence-electron chi connectivity index (χ1n) is 4.81. The van der Waals surface area contributed by atoms with Crippen molar-refractivity contribution >= 4 is 21.9 Å². The number of ether oxygens (including phenoxy) is 1. The first kappa shape index (κ1) is 10.5. The van der Waals surface area contributed by atoms with E-state index in [0.717, 1.165) is 15.8 Å². The molecule has 0 amide bonds. The number of fused-ring (bicyclic) bond motifs is 1. The maximum Gasteiger partial charge on any atom is 0.306 e. The van der Waals surface area contributed by atoms with Crippen LogP contribution in [0.15, 0.2) is 22.7 Å². The summed E-state index contributed by atoms with van der Waals surface area (Å²) in [4.78, 5) is 10.9. The molecule has 1 N–H and O–H groups in total. The molecule has 1 atom stereocenters. The van der Waals surface area contributed by atoms with Crippen LogP contribution in [0.5, 0.6) is 5.75 Å². The summed E-state index contributed by atoms with van der Waals surface area (Å²) in [5.74, 6) is -0.284. The van der Waals surface area contributed by atoms with Gasteiger partial charge < -0.3 is 9.84 Å². The van der Waals surface area contributed by atoms with Gasteiger partial charge in [-0.15, -0.1) is 0 Å². The van der Waals surface area contributed by atoms with Crippen LogP contribution in [0.3, 0.4) is 0 Å². The van der Waals surface area contributed by atoms with E-state index in [2.05, 4.69) is 15.9 Å². The average Bonchev–Trinajstić information content (AvgIpc) is 2.40. The molecule has 0 aromatic heterocycles. The summed E-state index contributed by atoms with van der Waals surface area (Å²) >= 11 is 3.40. The smallest absolute Gasteiger partial charge is 0.306 e. The molecular weight excluding hydrogens is 260 g/mol. The van der Waals surface area contributed by atoms with E-state index >= 15 is 0 Å². The van der Waals surface area contributed by atoms with Crippen molar-refractivity contribution in [2.75, 3.05) is 6.61 Å². The van der Waals surface area contributed by atoms with Gasteiger partial charge in [0, 0.05) is 0 Å². The van der Waals surface area contributed by atoms with Crippen molar-refractivity contribution in [2.45, 2.75) is 12.8 Å². The molecule has 0 saturated heterocycles. The summed E-state index contributed by atoms with van der Waals surface area (Å²) in [7, 11) is 0. The molecule has 0 saturated carbocycles. The molecule has 0 fully saturated rings. The number of hydrogen-bond acceptors (Lipinski definition) is 2. The summed E-state index contributed by atoms with van der Waals surface area (Å²) < 4.78 is 6.44. The van der Waals surface area contributed by atoms with Crippen LogP contribution in [0.25, 0.3) is 0 Å². The molecule has 0 spiro atoms. The number of halogens is 1. The Morgan fingerprint density at radius 1 is 1.53 bits per heavy atom. The lowest BCUT2D eigenvalue weighted by Crippen LogP contribution is -2.16. The number of carboxylic acid groups (broad SMARTS) is 1. The van der Waals surface area contributed by atoms with Gasteiger partial charge in [0.25, 0.3) is 0 Å². The van der Waals surface area contributed by atoms with Crippen LogP contribution in [0, 0.1) is 5.92 Å². The molecule has 1 aliphatic rings. The van der Waals surface area contributed by atoms with Gasteiger partial charge >= 0.3 is 5.97 Å². The van der Waals surface area contributed by atoms with Crippen LogP contribution in [-0.2, 0) is 11.2 Å². The lowest BCUT2D eigenvalue weighted by molar-refractivity contribution is -0.142. The highest BCUT2D eigenvalue weighted by atomic mass is 79.9. The zero-order chi connectivity index (χ0) is 10.8. The van der Waals surface area contributed by atoms with E-state index in [1.54, 1.807) is 0 Å². The summed E-state index contributed by atoms with van der Waals surface area (Å²) in [5, 5.41) is 8.99. The van der Waals surface area contributed by atoms with E-state index in [1.807, 2.05) is 18.2 Å². The van der Waals surface area contributed by atoms with Gasteiger partial charge in [-0.1, -0.05) is 12.1 Å². The molecule has 3 nitrogen and oxygen atoms in total. The molecule has 4 heteroatoms. The molecule has 2 rings (SSSR count). The van der Waals surface area contributed by atoms with Gasteiger partial charge in [-0.3, -0.25) is 4.79 Å². The fraction of sp³-hybridized carbons (Fsp3) is 0.364. The molecular formula is C11H11BrO3. The zero-order valence-electron chi connectivity index (χ0n) is 8.07. The standard InChI is InChI=1S/C11H11BrO3/c12-9-3-1-2-7-6-8(11(13)14)4-5-15-10(7)9/h1-3,8H,4-6H2,(H,13,14). The van der Waals surface area contributed by atoms with Gasteiger partial charge in [-0.2, -0.15) is 0 Å². The van der Waals surface area contributed by atoms with Crippen molar-refractivity contribution in [1.29, 1.82) is 0 Å². The molecule has 15 heavy (non-hydrogen) atoms. The molecule has 1 unspecified atom stereocenters. The van der Waals surface area contributed by atoms with Crippen LogP contribution in [0.4, 0.5) is 0 Å². The minimum absolute atomic E-state index is 0.333. The predicted molar refractivity (Wildman–Crippen MR) is 59.1 cm³/mol. The number of para-hydroxylation sites is 1. The van der Waals surface area contributed by atoms with Crippen LogP contribution < -0.4 is 4.74 Å². The summed E-state index contributed by atoms with van der Waals surface area (Å²) in [5.41, 5.74) is 0.967. The first-order chi connectivity index (χ1) is 7.18.